The highest BCUT2D eigenvalue weighted by Crippen LogP contribution is 2.26. The van der Waals surface area contributed by atoms with E-state index in [1.165, 1.54) is 25.7 Å². The van der Waals surface area contributed by atoms with Crippen molar-refractivity contribution in [3.8, 4) is 0 Å². The van der Waals surface area contributed by atoms with Crippen LogP contribution >= 0.6 is 0 Å². The summed E-state index contributed by atoms with van der Waals surface area (Å²) < 4.78 is 0. The molecule has 0 spiro atoms. The molecule has 20 heavy (non-hydrogen) atoms. The van der Waals surface area contributed by atoms with Crippen molar-refractivity contribution in [1.29, 1.82) is 0 Å². The monoisotopic (exact) mass is 276 g/mol. The van der Waals surface area contributed by atoms with Crippen LogP contribution in [-0.2, 0) is 6.54 Å². The lowest BCUT2D eigenvalue weighted by Gasteiger charge is -2.25. The quantitative estimate of drug-likeness (QED) is 0.918. The van der Waals surface area contributed by atoms with Gasteiger partial charge in [-0.05, 0) is 25.2 Å². The minimum Gasteiger partial charge on any atom is -0.369 e. The van der Waals surface area contributed by atoms with Gasteiger partial charge in [0.15, 0.2) is 0 Å². The highest BCUT2D eigenvalue weighted by atomic mass is 15.2. The van der Waals surface area contributed by atoms with Crippen LogP contribution in [0.25, 0.3) is 0 Å². The van der Waals surface area contributed by atoms with E-state index in [1.54, 1.807) is 0 Å². The van der Waals surface area contributed by atoms with Crippen LogP contribution in [0, 0.1) is 5.92 Å². The third kappa shape index (κ3) is 3.48. The van der Waals surface area contributed by atoms with E-state index in [1.807, 2.05) is 6.20 Å². The number of anilines is 1. The number of aromatic nitrogens is 2. The fourth-order valence-corrected chi connectivity index (χ4v) is 2.93. The number of hydrogen-bond acceptors (Lipinski definition) is 4. The molecular formula is C16H28N4. The van der Waals surface area contributed by atoms with Crippen molar-refractivity contribution >= 4 is 5.69 Å². The Kier molecular flexibility index (Phi) is 5.35. The van der Waals surface area contributed by atoms with E-state index in [0.29, 0.717) is 12.5 Å². The lowest BCUT2D eigenvalue weighted by atomic mass is 9.98. The first-order valence-corrected chi connectivity index (χ1v) is 7.96. The van der Waals surface area contributed by atoms with Crippen molar-refractivity contribution < 1.29 is 0 Å². The van der Waals surface area contributed by atoms with Crippen molar-refractivity contribution in [2.45, 2.75) is 58.9 Å². The van der Waals surface area contributed by atoms with Gasteiger partial charge in [-0.1, -0.05) is 27.2 Å². The van der Waals surface area contributed by atoms with E-state index in [2.05, 4.69) is 35.6 Å². The summed E-state index contributed by atoms with van der Waals surface area (Å²) in [6, 6.07) is 0. The molecule has 0 aromatic carbocycles. The Morgan fingerprint density at radius 1 is 1.35 bits per heavy atom. The Bertz CT molecular complexity index is 430. The molecule has 112 valence electrons. The highest BCUT2D eigenvalue weighted by Gasteiger charge is 2.19. The first kappa shape index (κ1) is 15.2. The number of nitrogens with two attached hydrogens (primary N) is 1. The summed E-state index contributed by atoms with van der Waals surface area (Å²) >= 11 is 0. The third-order valence-corrected chi connectivity index (χ3v) is 4.34. The average Bonchev–Trinajstić information content (AvgIpc) is 2.71. The molecule has 1 aliphatic rings. The number of rotatable bonds is 4. The molecule has 2 N–H and O–H groups in total. The molecule has 1 atom stereocenters. The van der Waals surface area contributed by atoms with Gasteiger partial charge in [0, 0.05) is 25.6 Å². The zero-order chi connectivity index (χ0) is 14.5. The van der Waals surface area contributed by atoms with Crippen molar-refractivity contribution in [1.82, 2.24) is 9.97 Å². The second-order valence-electron chi connectivity index (χ2n) is 6.11. The van der Waals surface area contributed by atoms with Gasteiger partial charge in [0.1, 0.15) is 5.82 Å². The molecule has 0 amide bonds. The molecule has 0 bridgehead atoms. The van der Waals surface area contributed by atoms with E-state index in [0.717, 1.165) is 36.2 Å². The van der Waals surface area contributed by atoms with Crippen LogP contribution in [0.2, 0.25) is 0 Å². The second kappa shape index (κ2) is 7.02. The predicted molar refractivity (Wildman–Crippen MR) is 83.9 cm³/mol. The van der Waals surface area contributed by atoms with E-state index in [4.69, 9.17) is 5.73 Å². The van der Waals surface area contributed by atoms with Gasteiger partial charge in [0.25, 0.3) is 0 Å². The number of nitrogens with zero attached hydrogens (tertiary/aromatic N) is 3. The van der Waals surface area contributed by atoms with E-state index < -0.39 is 0 Å². The molecule has 1 aromatic rings. The molecule has 4 heteroatoms. The van der Waals surface area contributed by atoms with Gasteiger partial charge in [-0.25, -0.2) is 9.97 Å². The fraction of sp³-hybridized carbons (Fsp3) is 0.750. The summed E-state index contributed by atoms with van der Waals surface area (Å²) in [6.45, 7) is 9.24. The first-order valence-electron chi connectivity index (χ1n) is 7.96. The molecule has 0 saturated carbocycles. The van der Waals surface area contributed by atoms with Gasteiger partial charge in [-0.15, -0.1) is 0 Å². The van der Waals surface area contributed by atoms with Crippen LogP contribution in [0.4, 0.5) is 5.69 Å². The lowest BCUT2D eigenvalue weighted by molar-refractivity contribution is 0.459. The summed E-state index contributed by atoms with van der Waals surface area (Å²) in [4.78, 5) is 11.6. The molecule has 4 nitrogen and oxygen atoms in total. The first-order chi connectivity index (χ1) is 9.65. The van der Waals surface area contributed by atoms with Gasteiger partial charge < -0.3 is 10.6 Å². The predicted octanol–water partition coefficient (Wildman–Crippen LogP) is 3.08. The summed E-state index contributed by atoms with van der Waals surface area (Å²) in [5, 5.41) is 0. The van der Waals surface area contributed by atoms with E-state index in [-0.39, 0.29) is 0 Å². The van der Waals surface area contributed by atoms with E-state index >= 15 is 0 Å². The maximum absolute atomic E-state index is 5.90. The molecule has 2 rings (SSSR count). The van der Waals surface area contributed by atoms with Crippen LogP contribution in [0.5, 0.6) is 0 Å². The van der Waals surface area contributed by atoms with Crippen LogP contribution in [0.15, 0.2) is 6.20 Å². The smallest absolute Gasteiger partial charge is 0.131 e. The Morgan fingerprint density at radius 3 is 2.80 bits per heavy atom. The SMILES string of the molecule is CCC1CCCN(c2cnc(C(C)C)nc2CN)CC1. The maximum atomic E-state index is 5.90. The molecule has 1 aliphatic heterocycles. The topological polar surface area (TPSA) is 55.0 Å². The van der Waals surface area contributed by atoms with Gasteiger partial charge in [-0.3, -0.25) is 0 Å². The lowest BCUT2D eigenvalue weighted by Crippen LogP contribution is -2.27. The average molecular weight is 276 g/mol. The zero-order valence-corrected chi connectivity index (χ0v) is 13.1. The molecule has 1 aromatic heterocycles. The Labute approximate surface area is 122 Å². The minimum atomic E-state index is 0.350. The summed E-state index contributed by atoms with van der Waals surface area (Å²) in [7, 11) is 0. The molecule has 0 radical (unpaired) electrons. The van der Waals surface area contributed by atoms with Crippen molar-refractivity contribution in [2.75, 3.05) is 18.0 Å². The van der Waals surface area contributed by atoms with Crippen LogP contribution < -0.4 is 10.6 Å². The van der Waals surface area contributed by atoms with Gasteiger partial charge >= 0.3 is 0 Å². The maximum Gasteiger partial charge on any atom is 0.131 e. The van der Waals surface area contributed by atoms with E-state index in [9.17, 15) is 0 Å². The van der Waals surface area contributed by atoms with Crippen LogP contribution in [0.1, 0.15) is 63.9 Å². The summed E-state index contributed by atoms with van der Waals surface area (Å²) in [6.07, 6.45) is 7.15. The summed E-state index contributed by atoms with van der Waals surface area (Å²) in [5.41, 5.74) is 8.05. The standard InChI is InChI=1S/C16H28N4/c1-4-13-6-5-8-20(9-7-13)15-11-18-16(12(2)3)19-14(15)10-17/h11-13H,4-10,17H2,1-3H3. The minimum absolute atomic E-state index is 0.350. The largest absolute Gasteiger partial charge is 0.369 e. The Balaban J connectivity index is 2.19. The second-order valence-corrected chi connectivity index (χ2v) is 6.11. The molecule has 0 aliphatic carbocycles. The third-order valence-electron chi connectivity index (χ3n) is 4.34. The molecule has 1 unspecified atom stereocenters. The number of hydrogen-bond donors (Lipinski definition) is 1. The molecule has 1 saturated heterocycles. The van der Waals surface area contributed by atoms with Crippen LogP contribution in [-0.4, -0.2) is 23.1 Å². The Morgan fingerprint density at radius 2 is 2.15 bits per heavy atom. The Hall–Kier alpha value is -1.16. The molecule has 2 heterocycles. The van der Waals surface area contributed by atoms with Crippen molar-refractivity contribution in [3.05, 3.63) is 17.7 Å². The van der Waals surface area contributed by atoms with Crippen LogP contribution in [0.3, 0.4) is 0 Å². The highest BCUT2D eigenvalue weighted by molar-refractivity contribution is 5.49. The fourth-order valence-electron chi connectivity index (χ4n) is 2.93. The van der Waals surface area contributed by atoms with Crippen molar-refractivity contribution in [2.24, 2.45) is 11.7 Å². The molecular weight excluding hydrogens is 248 g/mol. The van der Waals surface area contributed by atoms with Gasteiger partial charge in [0.05, 0.1) is 17.6 Å². The normalized spacial score (nSPS) is 20.2. The van der Waals surface area contributed by atoms with Gasteiger partial charge in [0.2, 0.25) is 0 Å². The summed E-state index contributed by atoms with van der Waals surface area (Å²) in [5.74, 6) is 2.12. The van der Waals surface area contributed by atoms with Gasteiger partial charge in [-0.2, -0.15) is 0 Å². The van der Waals surface area contributed by atoms with Crippen molar-refractivity contribution in [3.63, 3.8) is 0 Å². The molecule has 1 fully saturated rings. The zero-order valence-electron chi connectivity index (χ0n) is 13.1.